The lowest BCUT2D eigenvalue weighted by Gasteiger charge is -2.30. The number of ether oxygens (including phenoxy) is 2. The first-order valence-electron chi connectivity index (χ1n) is 10.3. The van der Waals surface area contributed by atoms with Crippen LogP contribution in [0.5, 0.6) is 11.5 Å². The second-order valence-corrected chi connectivity index (χ2v) is 10.1. The molecule has 166 valence electrons. The van der Waals surface area contributed by atoms with Crippen LogP contribution in [0.1, 0.15) is 24.8 Å². The molecule has 0 atom stereocenters. The number of hydrogen-bond acceptors (Lipinski definition) is 5. The zero-order valence-corrected chi connectivity index (χ0v) is 18.8. The highest BCUT2D eigenvalue weighted by atomic mass is 35.5. The van der Waals surface area contributed by atoms with Gasteiger partial charge >= 0.3 is 0 Å². The molecule has 0 bridgehead atoms. The minimum Gasteiger partial charge on any atom is -0.490 e. The summed E-state index contributed by atoms with van der Waals surface area (Å²) < 4.78 is 38.9. The van der Waals surface area contributed by atoms with Gasteiger partial charge in [-0.2, -0.15) is 4.31 Å². The molecule has 0 saturated carbocycles. The summed E-state index contributed by atoms with van der Waals surface area (Å²) in [7, 11) is -3.68. The Morgan fingerprint density at radius 3 is 2.48 bits per heavy atom. The summed E-state index contributed by atoms with van der Waals surface area (Å²) in [4.78, 5) is 12.8. The van der Waals surface area contributed by atoms with Gasteiger partial charge in [-0.1, -0.05) is 17.7 Å². The van der Waals surface area contributed by atoms with Crippen molar-refractivity contribution in [3.63, 3.8) is 0 Å². The number of anilines is 1. The molecular weight excluding hydrogens is 440 g/mol. The van der Waals surface area contributed by atoms with Crippen molar-refractivity contribution in [2.24, 2.45) is 5.92 Å². The molecule has 0 radical (unpaired) electrons. The Morgan fingerprint density at radius 2 is 1.77 bits per heavy atom. The smallest absolute Gasteiger partial charge is 0.243 e. The minimum atomic E-state index is -3.68. The molecule has 2 aromatic carbocycles. The summed E-state index contributed by atoms with van der Waals surface area (Å²) in [6.07, 6.45) is 1.66. The van der Waals surface area contributed by atoms with Gasteiger partial charge < -0.3 is 14.8 Å². The molecule has 2 aromatic rings. The van der Waals surface area contributed by atoms with Crippen molar-refractivity contribution >= 4 is 33.2 Å². The molecule has 0 spiro atoms. The lowest BCUT2D eigenvalue weighted by atomic mass is 9.97. The predicted molar refractivity (Wildman–Crippen MR) is 118 cm³/mol. The standard InChI is InChI=1S/C22H25ClN2O5S/c1-15-3-4-17(13-19(15)23)24-22(26)16-7-9-25(10-8-16)31(27,28)18-5-6-20-21(14-18)30-12-2-11-29-20/h3-6,13-14,16H,2,7-12H2,1H3,(H,24,26). The monoisotopic (exact) mass is 464 g/mol. The van der Waals surface area contributed by atoms with E-state index in [-0.39, 0.29) is 29.8 Å². The fourth-order valence-electron chi connectivity index (χ4n) is 3.73. The Balaban J connectivity index is 1.40. The molecule has 0 aromatic heterocycles. The van der Waals surface area contributed by atoms with E-state index in [1.54, 1.807) is 18.2 Å². The number of fused-ring (bicyclic) bond motifs is 1. The summed E-state index contributed by atoms with van der Waals surface area (Å²) in [5, 5.41) is 3.47. The molecule has 1 amide bonds. The van der Waals surface area contributed by atoms with E-state index >= 15 is 0 Å². The number of aryl methyl sites for hydroxylation is 1. The van der Waals surface area contributed by atoms with Crippen molar-refractivity contribution in [1.82, 2.24) is 4.31 Å². The Bertz CT molecular complexity index is 1080. The second-order valence-electron chi connectivity index (χ2n) is 7.79. The molecule has 1 fully saturated rings. The predicted octanol–water partition coefficient (Wildman–Crippen LogP) is 3.85. The van der Waals surface area contributed by atoms with E-state index in [1.807, 2.05) is 19.1 Å². The summed E-state index contributed by atoms with van der Waals surface area (Å²) in [5.74, 6) is 0.635. The van der Waals surface area contributed by atoms with E-state index in [9.17, 15) is 13.2 Å². The second kappa shape index (κ2) is 9.06. The van der Waals surface area contributed by atoms with Gasteiger partial charge in [0.1, 0.15) is 0 Å². The zero-order chi connectivity index (χ0) is 22.0. The minimum absolute atomic E-state index is 0.118. The first-order valence-corrected chi connectivity index (χ1v) is 12.1. The number of hydrogen-bond donors (Lipinski definition) is 1. The topological polar surface area (TPSA) is 84.9 Å². The molecule has 9 heteroatoms. The maximum Gasteiger partial charge on any atom is 0.243 e. The number of halogens is 1. The molecule has 4 rings (SSSR count). The lowest BCUT2D eigenvalue weighted by Crippen LogP contribution is -2.41. The van der Waals surface area contributed by atoms with Gasteiger partial charge in [-0.25, -0.2) is 8.42 Å². The van der Waals surface area contributed by atoms with Crippen LogP contribution in [0.2, 0.25) is 5.02 Å². The van der Waals surface area contributed by atoms with Gasteiger partial charge in [-0.15, -0.1) is 0 Å². The van der Waals surface area contributed by atoms with E-state index in [4.69, 9.17) is 21.1 Å². The number of rotatable bonds is 4. The van der Waals surface area contributed by atoms with Crippen LogP contribution in [0, 0.1) is 12.8 Å². The number of sulfonamides is 1. The third-order valence-electron chi connectivity index (χ3n) is 5.62. The molecule has 0 unspecified atom stereocenters. The quantitative estimate of drug-likeness (QED) is 0.742. The average molecular weight is 465 g/mol. The average Bonchev–Trinajstić information content (AvgIpc) is 3.01. The van der Waals surface area contributed by atoms with Gasteiger partial charge in [0.25, 0.3) is 0 Å². The van der Waals surface area contributed by atoms with Crippen molar-refractivity contribution in [2.75, 3.05) is 31.6 Å². The summed E-state index contributed by atoms with van der Waals surface area (Å²) in [5.41, 5.74) is 1.58. The number of nitrogens with zero attached hydrogens (tertiary/aromatic N) is 1. The molecule has 2 aliphatic rings. The van der Waals surface area contributed by atoms with E-state index in [0.29, 0.717) is 48.3 Å². The number of nitrogens with one attached hydrogen (secondary N) is 1. The van der Waals surface area contributed by atoms with Crippen LogP contribution < -0.4 is 14.8 Å². The van der Waals surface area contributed by atoms with E-state index in [0.717, 1.165) is 12.0 Å². The van der Waals surface area contributed by atoms with Crippen LogP contribution in [0.25, 0.3) is 0 Å². The molecule has 0 aliphatic carbocycles. The maximum atomic E-state index is 13.1. The third kappa shape index (κ3) is 4.81. The van der Waals surface area contributed by atoms with Crippen molar-refractivity contribution in [1.29, 1.82) is 0 Å². The molecule has 31 heavy (non-hydrogen) atoms. The molecule has 7 nitrogen and oxygen atoms in total. The van der Waals surface area contributed by atoms with Gasteiger partial charge in [-0.3, -0.25) is 4.79 Å². The van der Waals surface area contributed by atoms with Gasteiger partial charge in [-0.05, 0) is 49.6 Å². The van der Waals surface area contributed by atoms with Crippen LogP contribution in [0.15, 0.2) is 41.3 Å². The van der Waals surface area contributed by atoms with Gasteiger partial charge in [0.2, 0.25) is 15.9 Å². The largest absolute Gasteiger partial charge is 0.490 e. The van der Waals surface area contributed by atoms with Crippen LogP contribution in [0.4, 0.5) is 5.69 Å². The highest BCUT2D eigenvalue weighted by Crippen LogP contribution is 2.34. The van der Waals surface area contributed by atoms with Gasteiger partial charge in [0.05, 0.1) is 18.1 Å². The Labute approximate surface area is 187 Å². The number of amides is 1. The first-order chi connectivity index (χ1) is 14.8. The third-order valence-corrected chi connectivity index (χ3v) is 7.92. The fourth-order valence-corrected chi connectivity index (χ4v) is 5.39. The SMILES string of the molecule is Cc1ccc(NC(=O)C2CCN(S(=O)(=O)c3ccc4c(c3)OCCCO4)CC2)cc1Cl. The van der Waals surface area contributed by atoms with Crippen LogP contribution in [-0.4, -0.2) is 44.9 Å². The normalized spacial score (nSPS) is 17.7. The van der Waals surface area contributed by atoms with E-state index in [1.165, 1.54) is 10.4 Å². The zero-order valence-electron chi connectivity index (χ0n) is 17.3. The van der Waals surface area contributed by atoms with Crippen LogP contribution >= 0.6 is 11.6 Å². The first kappa shape index (κ1) is 21.9. The van der Waals surface area contributed by atoms with Gasteiger partial charge in [0.15, 0.2) is 11.5 Å². The molecule has 1 saturated heterocycles. The van der Waals surface area contributed by atoms with Crippen LogP contribution in [-0.2, 0) is 14.8 Å². The summed E-state index contributed by atoms with van der Waals surface area (Å²) in [6.45, 7) is 3.49. The Kier molecular flexibility index (Phi) is 6.41. The Morgan fingerprint density at radius 1 is 1.06 bits per heavy atom. The summed E-state index contributed by atoms with van der Waals surface area (Å²) in [6, 6.07) is 10.1. The maximum absolute atomic E-state index is 13.1. The highest BCUT2D eigenvalue weighted by molar-refractivity contribution is 7.89. The molecular formula is C22H25ClN2O5S. The van der Waals surface area contributed by atoms with Crippen molar-refractivity contribution in [3.8, 4) is 11.5 Å². The van der Waals surface area contributed by atoms with Crippen molar-refractivity contribution < 1.29 is 22.7 Å². The number of carbonyl (C=O) groups excluding carboxylic acids is 1. The molecule has 1 N–H and O–H groups in total. The van der Waals surface area contributed by atoms with E-state index in [2.05, 4.69) is 5.32 Å². The Hall–Kier alpha value is -2.29. The number of piperidine rings is 1. The highest BCUT2D eigenvalue weighted by Gasteiger charge is 2.32. The fraction of sp³-hybridized carbons (Fsp3) is 0.409. The van der Waals surface area contributed by atoms with Gasteiger partial charge in [0, 0.05) is 42.2 Å². The number of benzene rings is 2. The number of carbonyl (C=O) groups is 1. The van der Waals surface area contributed by atoms with Crippen LogP contribution in [0.3, 0.4) is 0 Å². The molecule has 2 heterocycles. The molecule has 2 aliphatic heterocycles. The summed E-state index contributed by atoms with van der Waals surface area (Å²) >= 11 is 6.12. The van der Waals surface area contributed by atoms with Crippen molar-refractivity contribution in [3.05, 3.63) is 47.0 Å². The lowest BCUT2D eigenvalue weighted by molar-refractivity contribution is -0.120. The van der Waals surface area contributed by atoms with Crippen molar-refractivity contribution in [2.45, 2.75) is 31.1 Å². The van der Waals surface area contributed by atoms with E-state index < -0.39 is 10.0 Å².